The first-order chi connectivity index (χ1) is 39.0. The lowest BCUT2D eigenvalue weighted by molar-refractivity contribution is -0.116. The Morgan fingerprint density at radius 3 is 1.84 bits per heavy atom. The number of phosphoric ester groups is 2. The molecular weight excluding hydrogens is 1090 g/mol. The molecule has 25 heteroatoms. The molecule has 2 aliphatic rings. The van der Waals surface area contributed by atoms with E-state index in [1.165, 1.54) is 152 Å². The number of aromatic nitrogens is 4. The van der Waals surface area contributed by atoms with Crippen LogP contribution in [0, 0.1) is 6.92 Å². The molecule has 4 heterocycles. The summed E-state index contributed by atoms with van der Waals surface area (Å²) in [4.78, 5) is 91.0. The molecule has 2 aliphatic heterocycles. The normalized spacial score (nSPS) is 19.8. The van der Waals surface area contributed by atoms with Crippen LogP contribution in [0.15, 0.2) is 38.0 Å². The molecule has 462 valence electrons. The number of hydrogen-bond acceptors (Lipinski definition) is 14. The second-order valence-corrected chi connectivity index (χ2v) is 24.7. The van der Waals surface area contributed by atoms with Crippen molar-refractivity contribution >= 4 is 27.4 Å². The summed E-state index contributed by atoms with van der Waals surface area (Å²) in [6, 6.07) is 0.525. The van der Waals surface area contributed by atoms with Gasteiger partial charge in [-0.3, -0.25) is 37.3 Å². The number of anilines is 1. The zero-order valence-electron chi connectivity index (χ0n) is 48.8. The lowest BCUT2D eigenvalue weighted by atomic mass is 10.0. The second kappa shape index (κ2) is 39.9. The molecule has 0 bridgehead atoms. The van der Waals surface area contributed by atoms with Crippen LogP contribution < -0.4 is 22.3 Å². The van der Waals surface area contributed by atoms with Gasteiger partial charge >= 0.3 is 27.0 Å². The molecule has 0 radical (unpaired) electrons. The molecule has 0 aromatic carbocycles. The Balaban J connectivity index is 1.28. The van der Waals surface area contributed by atoms with Crippen molar-refractivity contribution in [2.24, 2.45) is 5.11 Å². The van der Waals surface area contributed by atoms with Gasteiger partial charge in [-0.05, 0) is 44.2 Å². The van der Waals surface area contributed by atoms with Crippen molar-refractivity contribution < 1.29 is 56.4 Å². The topological polar surface area (TPSA) is 318 Å². The van der Waals surface area contributed by atoms with Crippen LogP contribution in [0.1, 0.15) is 250 Å². The smallest absolute Gasteiger partial charge is 0.373 e. The van der Waals surface area contributed by atoms with Crippen molar-refractivity contribution in [3.05, 3.63) is 65.8 Å². The van der Waals surface area contributed by atoms with E-state index < -0.39 is 95.1 Å². The Morgan fingerprint density at radius 1 is 0.765 bits per heavy atom. The number of ether oxygens (including phenoxy) is 3. The number of amides is 1. The molecule has 2 aromatic heterocycles. The Bertz CT molecular complexity index is 2420. The molecule has 0 saturated carbocycles. The number of hydrogen-bond donors (Lipinski definition) is 5. The Morgan fingerprint density at radius 2 is 1.31 bits per heavy atom. The number of aromatic amines is 1. The molecule has 8 unspecified atom stereocenters. The quantitative estimate of drug-likeness (QED) is 0.0135. The van der Waals surface area contributed by atoms with E-state index in [4.69, 9.17) is 27.8 Å². The minimum atomic E-state index is -5.30. The van der Waals surface area contributed by atoms with Gasteiger partial charge in [0, 0.05) is 48.7 Å². The summed E-state index contributed by atoms with van der Waals surface area (Å²) in [5.74, 6) is -0.0970. The summed E-state index contributed by atoms with van der Waals surface area (Å²) >= 11 is 0. The van der Waals surface area contributed by atoms with Crippen LogP contribution in [0.2, 0.25) is 0 Å². The largest absolute Gasteiger partial charge is 0.472 e. The number of nitrogens with zero attached hydrogens (tertiary/aromatic N) is 6. The number of unbranched alkanes of at least 4 members (excludes halogenated alkanes) is 27. The van der Waals surface area contributed by atoms with Crippen LogP contribution in [0.5, 0.6) is 0 Å². The van der Waals surface area contributed by atoms with E-state index in [0.717, 1.165) is 62.4 Å². The fraction of sp³-hybridized carbons (Fsp3) is 0.839. The molecule has 5 N–H and O–H groups in total. The van der Waals surface area contributed by atoms with E-state index in [0.29, 0.717) is 25.7 Å². The van der Waals surface area contributed by atoms with Gasteiger partial charge in [0.2, 0.25) is 5.91 Å². The maximum Gasteiger partial charge on any atom is 0.472 e. The van der Waals surface area contributed by atoms with Gasteiger partial charge in [-0.15, -0.1) is 0 Å². The first-order valence-electron chi connectivity index (χ1n) is 30.6. The Hall–Kier alpha value is -3.56. The lowest BCUT2D eigenvalue weighted by Crippen LogP contribution is -2.39. The molecule has 8 atom stereocenters. The van der Waals surface area contributed by atoms with Gasteiger partial charge in [0.05, 0.1) is 31.5 Å². The number of carbonyl (C=O) groups excluding carboxylic acids is 1. The molecule has 1 amide bonds. The zero-order chi connectivity index (χ0) is 58.7. The fourth-order valence-corrected chi connectivity index (χ4v) is 11.8. The van der Waals surface area contributed by atoms with Crippen molar-refractivity contribution in [2.45, 2.75) is 282 Å². The summed E-state index contributed by atoms with van der Waals surface area (Å²) in [6.07, 6.45) is 30.6. The molecule has 0 aliphatic carbocycles. The van der Waals surface area contributed by atoms with E-state index >= 15 is 0 Å². The first kappa shape index (κ1) is 69.9. The summed E-state index contributed by atoms with van der Waals surface area (Å²) in [5, 5.41) is 6.53. The van der Waals surface area contributed by atoms with Gasteiger partial charge < -0.3 is 34.2 Å². The first-order valence-corrected chi connectivity index (χ1v) is 33.6. The van der Waals surface area contributed by atoms with Gasteiger partial charge in [-0.25, -0.2) is 18.7 Å². The fourth-order valence-electron chi connectivity index (χ4n) is 10.5. The van der Waals surface area contributed by atoms with E-state index in [1.807, 2.05) is 0 Å². The van der Waals surface area contributed by atoms with Crippen LogP contribution in [0.25, 0.3) is 10.4 Å². The third-order valence-corrected chi connectivity index (χ3v) is 16.7. The highest BCUT2D eigenvalue weighted by Gasteiger charge is 2.42. The third-order valence-electron chi connectivity index (χ3n) is 15.2. The summed E-state index contributed by atoms with van der Waals surface area (Å²) in [7, 11) is -10.2. The SMILES string of the molecule is CCCCCCCCCCCCCCCCCCOC(COP(=O)(O)OCC1CCC(n2ccc(NC(=O)CCCCCCCCCCCCCCC)nc2=O)O1)C(CC1OC(n2cc(C)c(=O)[nH]c2=O)CC1N=[N+]=[N-])OP(=O)(O)O. The van der Waals surface area contributed by atoms with E-state index in [-0.39, 0.29) is 30.3 Å². The van der Waals surface area contributed by atoms with Crippen molar-refractivity contribution in [3.63, 3.8) is 0 Å². The van der Waals surface area contributed by atoms with Crippen LogP contribution in [0.3, 0.4) is 0 Å². The molecule has 81 heavy (non-hydrogen) atoms. The molecule has 4 rings (SSSR count). The number of azide groups is 1. The van der Waals surface area contributed by atoms with Crippen LogP contribution in [-0.2, 0) is 41.7 Å². The molecular formula is C56H98N8O15P2. The molecule has 2 aromatic rings. The second-order valence-electron chi connectivity index (χ2n) is 22.1. The highest BCUT2D eigenvalue weighted by molar-refractivity contribution is 7.47. The number of aryl methyl sites for hydroxylation is 1. The van der Waals surface area contributed by atoms with E-state index in [2.05, 4.69) is 39.2 Å². The van der Waals surface area contributed by atoms with E-state index in [1.54, 1.807) is 0 Å². The Kier molecular flexibility index (Phi) is 34.4. The maximum atomic E-state index is 13.5. The number of phosphoric acid groups is 2. The predicted octanol–water partition coefficient (Wildman–Crippen LogP) is 12.8. The predicted molar refractivity (Wildman–Crippen MR) is 311 cm³/mol. The molecule has 2 fully saturated rings. The van der Waals surface area contributed by atoms with Gasteiger partial charge in [0.1, 0.15) is 30.5 Å². The number of nitrogens with one attached hydrogen (secondary N) is 2. The monoisotopic (exact) mass is 1180 g/mol. The summed E-state index contributed by atoms with van der Waals surface area (Å²) in [5.41, 5.74) is 7.61. The Labute approximate surface area is 479 Å². The lowest BCUT2D eigenvalue weighted by Gasteiger charge is -2.30. The van der Waals surface area contributed by atoms with Crippen molar-refractivity contribution in [1.82, 2.24) is 19.1 Å². The number of rotatable bonds is 47. The average molecular weight is 1190 g/mol. The maximum absolute atomic E-state index is 13.5. The highest BCUT2D eigenvalue weighted by atomic mass is 31.2. The van der Waals surface area contributed by atoms with Crippen molar-refractivity contribution in [3.8, 4) is 0 Å². The van der Waals surface area contributed by atoms with Crippen molar-refractivity contribution in [2.75, 3.05) is 25.1 Å². The van der Waals surface area contributed by atoms with Gasteiger partial charge in [0.25, 0.3) is 5.56 Å². The highest BCUT2D eigenvalue weighted by Crippen LogP contribution is 2.46. The number of H-pyrrole nitrogens is 1. The zero-order valence-corrected chi connectivity index (χ0v) is 50.5. The molecule has 2 saturated heterocycles. The van der Waals surface area contributed by atoms with Gasteiger partial charge in [-0.2, -0.15) is 4.98 Å². The van der Waals surface area contributed by atoms with E-state index in [9.17, 15) is 48.5 Å². The number of carbonyl (C=O) groups is 1. The van der Waals surface area contributed by atoms with Gasteiger partial charge in [0.15, 0.2) is 0 Å². The minimum absolute atomic E-state index is 0.0536. The standard InChI is InChI=1S/C56H98N8O15P2/c1-4-6-8-10-12-14-16-18-19-20-22-24-26-28-30-32-38-74-49(48(79-80(69,70)71)40-47-46(61-62-57)39-53(78-47)64-41-44(3)54(66)60-56(64)68)43-76-81(72,73)75-42-45-34-35-52(77-45)63-37-36-50(59-55(63)67)58-51(65)33-31-29-27-25-23-21-17-15-13-11-9-7-5-2/h36-37,41,45-49,52-53H,4-35,38-40,42-43H2,1-3H3,(H,72,73)(H,60,66,68)(H2,69,70,71)(H,58,59,65,67). The summed E-state index contributed by atoms with van der Waals surface area (Å²) in [6.45, 7) is 4.83. The van der Waals surface area contributed by atoms with Crippen LogP contribution in [-0.4, -0.2) is 90.0 Å². The third kappa shape index (κ3) is 29.2. The van der Waals surface area contributed by atoms with Crippen LogP contribution in [0.4, 0.5) is 5.82 Å². The van der Waals surface area contributed by atoms with Crippen LogP contribution >= 0.6 is 15.6 Å². The minimum Gasteiger partial charge on any atom is -0.373 e. The van der Waals surface area contributed by atoms with Gasteiger partial charge in [-0.1, -0.05) is 192 Å². The van der Waals surface area contributed by atoms with Crippen molar-refractivity contribution in [1.29, 1.82) is 0 Å². The molecule has 23 nitrogen and oxygen atoms in total. The summed E-state index contributed by atoms with van der Waals surface area (Å²) < 4.78 is 62.7. The average Bonchev–Trinajstić information content (AvgIpc) is 4.06. The molecule has 0 spiro atoms.